The van der Waals surface area contributed by atoms with E-state index in [9.17, 15) is 22.8 Å². The van der Waals surface area contributed by atoms with Crippen LogP contribution in [0.15, 0.2) is 0 Å². The Morgan fingerprint density at radius 2 is 1.55 bits per heavy atom. The van der Waals surface area contributed by atoms with Gasteiger partial charge in [0, 0.05) is 13.1 Å². The molecule has 0 saturated heterocycles. The predicted molar refractivity (Wildman–Crippen MR) is 67.7 cm³/mol. The Morgan fingerprint density at radius 3 is 1.95 bits per heavy atom. The largest absolute Gasteiger partial charge is 0.480 e. The number of amides is 2. The third kappa shape index (κ3) is 10.1. The molecule has 0 atom stereocenters. The molecule has 0 spiro atoms. The molecule has 0 radical (unpaired) electrons. The number of nitrogens with one attached hydrogen (secondary N) is 2. The third-order valence-electron chi connectivity index (χ3n) is 1.93. The van der Waals surface area contributed by atoms with E-state index >= 15 is 0 Å². The summed E-state index contributed by atoms with van der Waals surface area (Å²) in [5.41, 5.74) is 0. The number of rotatable bonds is 9. The fraction of sp³-hybridized carbons (Fsp3) is 0.667. The highest BCUT2D eigenvalue weighted by molar-refractivity contribution is 7.88. The smallest absolute Gasteiger partial charge is 0.323 e. The maximum Gasteiger partial charge on any atom is 0.323 e. The number of urea groups is 1. The molecule has 0 rings (SSSR count). The number of aliphatic carboxylic acids is 2. The highest BCUT2D eigenvalue weighted by Gasteiger charge is 2.18. The molecule has 0 aromatic heterocycles. The maximum atomic E-state index is 11.5. The van der Waals surface area contributed by atoms with Gasteiger partial charge in [-0.25, -0.2) is 17.9 Å². The van der Waals surface area contributed by atoms with Crippen molar-refractivity contribution >= 4 is 28.0 Å². The van der Waals surface area contributed by atoms with E-state index in [1.165, 1.54) is 0 Å². The van der Waals surface area contributed by atoms with Crippen LogP contribution in [0.2, 0.25) is 0 Å². The van der Waals surface area contributed by atoms with Gasteiger partial charge in [-0.05, 0) is 6.42 Å². The average molecular weight is 311 g/mol. The fourth-order valence-corrected chi connectivity index (χ4v) is 1.69. The van der Waals surface area contributed by atoms with Gasteiger partial charge in [-0.1, -0.05) is 0 Å². The van der Waals surface area contributed by atoms with Crippen LogP contribution in [0, 0.1) is 0 Å². The molecule has 0 heterocycles. The Labute approximate surface area is 115 Å². The number of nitrogens with zero attached hydrogens (tertiary/aromatic N) is 1. The van der Waals surface area contributed by atoms with E-state index in [0.29, 0.717) is 4.90 Å². The van der Waals surface area contributed by atoms with E-state index in [2.05, 4.69) is 10.0 Å². The van der Waals surface area contributed by atoms with Crippen molar-refractivity contribution in [2.75, 3.05) is 32.4 Å². The average Bonchev–Trinajstić information content (AvgIpc) is 2.24. The summed E-state index contributed by atoms with van der Waals surface area (Å²) in [6, 6.07) is -0.839. The first-order valence-corrected chi connectivity index (χ1v) is 7.42. The minimum absolute atomic E-state index is 0.0804. The summed E-state index contributed by atoms with van der Waals surface area (Å²) in [4.78, 5) is 33.1. The molecule has 0 aliphatic heterocycles. The van der Waals surface area contributed by atoms with Crippen LogP contribution in [0.5, 0.6) is 0 Å². The zero-order chi connectivity index (χ0) is 15.8. The van der Waals surface area contributed by atoms with Gasteiger partial charge in [0.1, 0.15) is 13.1 Å². The van der Waals surface area contributed by atoms with E-state index in [0.717, 1.165) is 6.26 Å². The number of hydrogen-bond donors (Lipinski definition) is 4. The summed E-state index contributed by atoms with van der Waals surface area (Å²) >= 11 is 0. The van der Waals surface area contributed by atoms with Gasteiger partial charge in [0.2, 0.25) is 10.0 Å². The zero-order valence-electron chi connectivity index (χ0n) is 10.8. The molecule has 0 aromatic carbocycles. The minimum atomic E-state index is -3.30. The third-order valence-corrected chi connectivity index (χ3v) is 2.66. The predicted octanol–water partition coefficient (Wildman–Crippen LogP) is -1.89. The van der Waals surface area contributed by atoms with Crippen molar-refractivity contribution in [3.8, 4) is 0 Å². The van der Waals surface area contributed by atoms with Crippen molar-refractivity contribution in [2.45, 2.75) is 6.42 Å². The van der Waals surface area contributed by atoms with E-state index in [1.807, 2.05) is 0 Å². The van der Waals surface area contributed by atoms with Gasteiger partial charge in [-0.3, -0.25) is 9.59 Å². The number of carboxylic acids is 2. The van der Waals surface area contributed by atoms with Gasteiger partial charge in [0.25, 0.3) is 0 Å². The fourth-order valence-electron chi connectivity index (χ4n) is 1.18. The summed E-state index contributed by atoms with van der Waals surface area (Å²) < 4.78 is 23.7. The Bertz CT molecular complexity index is 446. The lowest BCUT2D eigenvalue weighted by molar-refractivity contribution is -0.140. The second kappa shape index (κ2) is 8.32. The van der Waals surface area contributed by atoms with Crippen molar-refractivity contribution in [3.05, 3.63) is 0 Å². The van der Waals surface area contributed by atoms with Crippen LogP contribution in [0.25, 0.3) is 0 Å². The molecular weight excluding hydrogens is 294 g/mol. The highest BCUT2D eigenvalue weighted by atomic mass is 32.2. The SMILES string of the molecule is CS(=O)(=O)NCCCNC(=O)N(CC(=O)O)CC(=O)O. The lowest BCUT2D eigenvalue weighted by atomic mass is 10.4. The number of sulfonamides is 1. The Balaban J connectivity index is 4.13. The summed E-state index contributed by atoms with van der Waals surface area (Å²) in [6.45, 7) is -1.28. The molecule has 0 aliphatic carbocycles. The van der Waals surface area contributed by atoms with Crippen LogP contribution >= 0.6 is 0 Å². The van der Waals surface area contributed by atoms with Gasteiger partial charge in [0.05, 0.1) is 6.26 Å². The molecule has 0 fully saturated rings. The monoisotopic (exact) mass is 311 g/mol. The zero-order valence-corrected chi connectivity index (χ0v) is 11.6. The lowest BCUT2D eigenvalue weighted by Crippen LogP contribution is -2.45. The Hall–Kier alpha value is -1.88. The second-order valence-electron chi connectivity index (χ2n) is 3.90. The molecule has 0 aromatic rings. The molecule has 0 aliphatic rings. The molecule has 20 heavy (non-hydrogen) atoms. The molecule has 0 bridgehead atoms. The summed E-state index contributed by atoms with van der Waals surface area (Å²) in [5, 5.41) is 19.4. The van der Waals surface area contributed by atoms with Crippen LogP contribution < -0.4 is 10.0 Å². The first-order valence-electron chi connectivity index (χ1n) is 5.53. The summed E-state index contributed by atoms with van der Waals surface area (Å²) in [6.07, 6.45) is 1.28. The Morgan fingerprint density at radius 1 is 1.05 bits per heavy atom. The summed E-state index contributed by atoms with van der Waals surface area (Å²) in [7, 11) is -3.30. The minimum Gasteiger partial charge on any atom is -0.480 e. The van der Waals surface area contributed by atoms with Crippen molar-refractivity contribution < 1.29 is 33.0 Å². The topological polar surface area (TPSA) is 153 Å². The molecule has 10 nitrogen and oxygen atoms in total. The lowest BCUT2D eigenvalue weighted by Gasteiger charge is -2.18. The van der Waals surface area contributed by atoms with Crippen LogP contribution in [0.1, 0.15) is 6.42 Å². The molecule has 2 amide bonds. The number of carbonyl (C=O) groups is 3. The number of carbonyl (C=O) groups excluding carboxylic acids is 1. The van der Waals surface area contributed by atoms with Crippen LogP contribution in [0.4, 0.5) is 4.79 Å². The first-order chi connectivity index (χ1) is 9.11. The quantitative estimate of drug-likeness (QED) is 0.363. The van der Waals surface area contributed by atoms with Crippen molar-refractivity contribution in [1.82, 2.24) is 14.9 Å². The second-order valence-corrected chi connectivity index (χ2v) is 5.73. The molecule has 0 saturated carbocycles. The van der Waals surface area contributed by atoms with Gasteiger partial charge in [-0.15, -0.1) is 0 Å². The van der Waals surface area contributed by atoms with E-state index in [1.54, 1.807) is 0 Å². The van der Waals surface area contributed by atoms with Crippen LogP contribution in [0.3, 0.4) is 0 Å². The van der Waals surface area contributed by atoms with Crippen molar-refractivity contribution in [1.29, 1.82) is 0 Å². The number of hydrogen-bond acceptors (Lipinski definition) is 5. The highest BCUT2D eigenvalue weighted by Crippen LogP contribution is 1.91. The summed E-state index contributed by atoms with van der Waals surface area (Å²) in [5.74, 6) is -2.67. The van der Waals surface area contributed by atoms with E-state index < -0.39 is 41.1 Å². The van der Waals surface area contributed by atoms with E-state index in [4.69, 9.17) is 10.2 Å². The Kier molecular flexibility index (Phi) is 7.54. The number of carboxylic acid groups (broad SMARTS) is 2. The molecule has 11 heteroatoms. The van der Waals surface area contributed by atoms with Gasteiger partial charge >= 0.3 is 18.0 Å². The first kappa shape index (κ1) is 18.1. The van der Waals surface area contributed by atoms with Gasteiger partial charge < -0.3 is 20.4 Å². The standard InChI is InChI=1S/C9H17N3O7S/c1-20(18,19)11-4-2-3-10-9(17)12(5-7(13)14)6-8(15)16/h11H,2-6H2,1H3,(H,10,17)(H,13,14)(H,15,16). The molecular formula is C9H17N3O7S. The maximum absolute atomic E-state index is 11.5. The van der Waals surface area contributed by atoms with Crippen LogP contribution in [-0.2, 0) is 19.6 Å². The molecule has 4 N–H and O–H groups in total. The van der Waals surface area contributed by atoms with Gasteiger partial charge in [-0.2, -0.15) is 0 Å². The molecule has 116 valence electrons. The van der Waals surface area contributed by atoms with Crippen molar-refractivity contribution in [3.63, 3.8) is 0 Å². The molecule has 0 unspecified atom stereocenters. The van der Waals surface area contributed by atoms with Gasteiger partial charge in [0.15, 0.2) is 0 Å². The van der Waals surface area contributed by atoms with Crippen molar-refractivity contribution in [2.24, 2.45) is 0 Å². The normalized spacial score (nSPS) is 10.8. The van der Waals surface area contributed by atoms with E-state index in [-0.39, 0.29) is 19.5 Å². The van der Waals surface area contributed by atoms with Crippen LogP contribution in [-0.4, -0.2) is 73.9 Å².